The van der Waals surface area contributed by atoms with E-state index in [1.807, 2.05) is 0 Å². The second kappa shape index (κ2) is 5.80. The van der Waals surface area contributed by atoms with Gasteiger partial charge in [0, 0.05) is 22.7 Å². The molecule has 0 spiro atoms. The van der Waals surface area contributed by atoms with E-state index < -0.39 is 0 Å². The first kappa shape index (κ1) is 14.8. The predicted octanol–water partition coefficient (Wildman–Crippen LogP) is 3.29. The molecule has 1 fully saturated rings. The van der Waals surface area contributed by atoms with Crippen LogP contribution < -0.4 is 0 Å². The van der Waals surface area contributed by atoms with Gasteiger partial charge in [0.15, 0.2) is 5.78 Å². The molecule has 1 aromatic carbocycles. The van der Waals surface area contributed by atoms with Gasteiger partial charge in [-0.2, -0.15) is 0 Å². The minimum absolute atomic E-state index is 0.0108. The molecule has 0 unspecified atom stereocenters. The first-order valence-electron chi connectivity index (χ1n) is 6.21. The van der Waals surface area contributed by atoms with E-state index in [1.165, 1.54) is 0 Å². The fourth-order valence-corrected chi connectivity index (χ4v) is 2.67. The van der Waals surface area contributed by atoms with E-state index in [-0.39, 0.29) is 11.3 Å². The zero-order valence-electron chi connectivity index (χ0n) is 11.1. The Morgan fingerprint density at radius 3 is 2.79 bits per heavy atom. The number of benzene rings is 1. The van der Waals surface area contributed by atoms with Crippen molar-refractivity contribution in [3.63, 3.8) is 0 Å². The number of hydrogen-bond acceptors (Lipinski definition) is 3. The fraction of sp³-hybridized carbons (Fsp3) is 0.500. The van der Waals surface area contributed by atoms with Crippen LogP contribution >= 0.6 is 23.2 Å². The number of morpholine rings is 1. The smallest absolute Gasteiger partial charge is 0.178 e. The Bertz CT molecular complexity index is 488. The number of carbonyl (C=O) groups excluding carboxylic acids is 1. The van der Waals surface area contributed by atoms with Crippen LogP contribution in [0.2, 0.25) is 10.0 Å². The van der Waals surface area contributed by atoms with Gasteiger partial charge in [0.25, 0.3) is 0 Å². The topological polar surface area (TPSA) is 29.5 Å². The number of halogens is 2. The third kappa shape index (κ3) is 3.48. The number of rotatable bonds is 3. The number of ketones is 1. The SMILES string of the molecule is CC1(C)COCCN1CC(=O)c1ccc(Cl)cc1Cl. The van der Waals surface area contributed by atoms with Crippen LogP contribution in [0.1, 0.15) is 24.2 Å². The monoisotopic (exact) mass is 301 g/mol. The lowest BCUT2D eigenvalue weighted by Crippen LogP contribution is -2.54. The van der Waals surface area contributed by atoms with Gasteiger partial charge >= 0.3 is 0 Å². The van der Waals surface area contributed by atoms with Gasteiger partial charge in [0.1, 0.15) is 0 Å². The van der Waals surface area contributed by atoms with Gasteiger partial charge < -0.3 is 4.74 Å². The van der Waals surface area contributed by atoms with Crippen LogP contribution in [0.25, 0.3) is 0 Å². The first-order valence-corrected chi connectivity index (χ1v) is 6.97. The van der Waals surface area contributed by atoms with Crippen molar-refractivity contribution >= 4 is 29.0 Å². The molecule has 1 saturated heterocycles. The molecule has 1 aliphatic heterocycles. The van der Waals surface area contributed by atoms with E-state index in [1.54, 1.807) is 18.2 Å². The fourth-order valence-electron chi connectivity index (χ4n) is 2.16. The highest BCUT2D eigenvalue weighted by Gasteiger charge is 2.32. The normalized spacial score (nSPS) is 19.4. The Morgan fingerprint density at radius 1 is 1.42 bits per heavy atom. The van der Waals surface area contributed by atoms with Gasteiger partial charge in [0.2, 0.25) is 0 Å². The lowest BCUT2D eigenvalue weighted by Gasteiger charge is -2.41. The molecule has 0 aromatic heterocycles. The summed E-state index contributed by atoms with van der Waals surface area (Å²) < 4.78 is 5.45. The van der Waals surface area contributed by atoms with Gasteiger partial charge in [0.05, 0.1) is 24.8 Å². The van der Waals surface area contributed by atoms with Gasteiger partial charge in [-0.1, -0.05) is 23.2 Å². The molecular weight excluding hydrogens is 285 g/mol. The van der Waals surface area contributed by atoms with E-state index >= 15 is 0 Å². The van der Waals surface area contributed by atoms with Crippen LogP contribution in [0.4, 0.5) is 0 Å². The number of hydrogen-bond donors (Lipinski definition) is 0. The second-order valence-electron chi connectivity index (χ2n) is 5.33. The number of nitrogens with zero attached hydrogens (tertiary/aromatic N) is 1. The zero-order valence-corrected chi connectivity index (χ0v) is 12.6. The van der Waals surface area contributed by atoms with Crippen molar-refractivity contribution in [3.8, 4) is 0 Å². The summed E-state index contributed by atoms with van der Waals surface area (Å²) in [6.07, 6.45) is 0. The molecule has 2 rings (SSSR count). The summed E-state index contributed by atoms with van der Waals surface area (Å²) in [5.41, 5.74) is 0.389. The molecule has 19 heavy (non-hydrogen) atoms. The van der Waals surface area contributed by atoms with Crippen molar-refractivity contribution in [3.05, 3.63) is 33.8 Å². The van der Waals surface area contributed by atoms with Crippen molar-refractivity contribution in [1.82, 2.24) is 4.90 Å². The number of Topliss-reactive ketones (excluding diaryl/α,β-unsaturated/α-hetero) is 1. The molecule has 0 saturated carbocycles. The molecule has 1 aromatic rings. The molecular formula is C14H17Cl2NO2. The largest absolute Gasteiger partial charge is 0.378 e. The summed E-state index contributed by atoms with van der Waals surface area (Å²) in [5.74, 6) is 0.0108. The van der Waals surface area contributed by atoms with Gasteiger partial charge in [-0.15, -0.1) is 0 Å². The Morgan fingerprint density at radius 2 is 2.16 bits per heavy atom. The molecule has 3 nitrogen and oxygen atoms in total. The summed E-state index contributed by atoms with van der Waals surface area (Å²) in [7, 11) is 0. The summed E-state index contributed by atoms with van der Waals surface area (Å²) in [6, 6.07) is 4.96. The van der Waals surface area contributed by atoms with Crippen molar-refractivity contribution in [2.75, 3.05) is 26.3 Å². The molecule has 0 aliphatic carbocycles. The third-order valence-electron chi connectivity index (χ3n) is 3.38. The number of carbonyl (C=O) groups is 1. The highest BCUT2D eigenvalue weighted by molar-refractivity contribution is 6.36. The molecule has 5 heteroatoms. The predicted molar refractivity (Wildman–Crippen MR) is 77.3 cm³/mol. The highest BCUT2D eigenvalue weighted by atomic mass is 35.5. The summed E-state index contributed by atoms with van der Waals surface area (Å²) in [6.45, 7) is 6.53. The van der Waals surface area contributed by atoms with Crippen molar-refractivity contribution in [1.29, 1.82) is 0 Å². The maximum atomic E-state index is 12.3. The minimum Gasteiger partial charge on any atom is -0.378 e. The Kier molecular flexibility index (Phi) is 4.51. The second-order valence-corrected chi connectivity index (χ2v) is 6.18. The van der Waals surface area contributed by atoms with Crippen LogP contribution in [0.3, 0.4) is 0 Å². The zero-order chi connectivity index (χ0) is 14.0. The van der Waals surface area contributed by atoms with E-state index in [0.717, 1.165) is 6.54 Å². The van der Waals surface area contributed by atoms with Crippen molar-refractivity contribution < 1.29 is 9.53 Å². The summed E-state index contributed by atoms with van der Waals surface area (Å²) in [4.78, 5) is 14.5. The Hall–Kier alpha value is -0.610. The van der Waals surface area contributed by atoms with Crippen LogP contribution in [-0.4, -0.2) is 42.5 Å². The lowest BCUT2D eigenvalue weighted by atomic mass is 10.0. The molecule has 0 atom stereocenters. The Balaban J connectivity index is 2.12. The standard InChI is InChI=1S/C14H17Cl2NO2/c1-14(2)9-19-6-5-17(14)8-13(18)11-4-3-10(15)7-12(11)16/h3-4,7H,5-6,8-9H2,1-2H3. The molecule has 0 radical (unpaired) electrons. The van der Waals surface area contributed by atoms with Gasteiger partial charge in [-0.3, -0.25) is 9.69 Å². The van der Waals surface area contributed by atoms with E-state index in [2.05, 4.69) is 18.7 Å². The lowest BCUT2D eigenvalue weighted by molar-refractivity contribution is -0.0467. The third-order valence-corrected chi connectivity index (χ3v) is 3.93. The van der Waals surface area contributed by atoms with Crippen LogP contribution in [-0.2, 0) is 4.74 Å². The average Bonchev–Trinajstić information content (AvgIpc) is 2.31. The summed E-state index contributed by atoms with van der Waals surface area (Å²) >= 11 is 11.9. The maximum Gasteiger partial charge on any atom is 0.178 e. The van der Waals surface area contributed by atoms with Crippen LogP contribution in [0.15, 0.2) is 18.2 Å². The van der Waals surface area contributed by atoms with Crippen LogP contribution in [0, 0.1) is 0 Å². The van der Waals surface area contributed by atoms with E-state index in [9.17, 15) is 4.79 Å². The molecule has 1 heterocycles. The average molecular weight is 302 g/mol. The minimum atomic E-state index is -0.132. The van der Waals surface area contributed by atoms with Crippen molar-refractivity contribution in [2.24, 2.45) is 0 Å². The van der Waals surface area contributed by atoms with E-state index in [0.29, 0.717) is 35.4 Å². The summed E-state index contributed by atoms with van der Waals surface area (Å²) in [5, 5.41) is 0.941. The van der Waals surface area contributed by atoms with Gasteiger partial charge in [-0.05, 0) is 32.0 Å². The molecule has 1 aliphatic rings. The first-order chi connectivity index (χ1) is 8.90. The van der Waals surface area contributed by atoms with Crippen LogP contribution in [0.5, 0.6) is 0 Å². The van der Waals surface area contributed by atoms with E-state index in [4.69, 9.17) is 27.9 Å². The molecule has 0 bridgehead atoms. The van der Waals surface area contributed by atoms with Crippen molar-refractivity contribution in [2.45, 2.75) is 19.4 Å². The van der Waals surface area contributed by atoms with Gasteiger partial charge in [-0.25, -0.2) is 0 Å². The Labute approximate surface area is 123 Å². The highest BCUT2D eigenvalue weighted by Crippen LogP contribution is 2.24. The number of ether oxygens (including phenoxy) is 1. The molecule has 104 valence electrons. The quantitative estimate of drug-likeness (QED) is 0.803. The molecule has 0 N–H and O–H groups in total. The molecule has 0 amide bonds. The maximum absolute atomic E-state index is 12.3.